The standard InChI is InChI=1S/C9H18N2S/c1-2-3-8-4-6-11(7-5-8)9(10)12/h8H,2-7H2,1H3,(H2,10,12). The molecule has 0 radical (unpaired) electrons. The van der Waals surface area contributed by atoms with Crippen molar-refractivity contribution in [1.29, 1.82) is 0 Å². The average Bonchev–Trinajstić information content (AvgIpc) is 2.06. The lowest BCUT2D eigenvalue weighted by atomic mass is 9.93. The molecule has 0 aromatic rings. The quantitative estimate of drug-likeness (QED) is 0.666. The first kappa shape index (κ1) is 9.78. The molecule has 1 aliphatic heterocycles. The summed E-state index contributed by atoms with van der Waals surface area (Å²) in [7, 11) is 0. The summed E-state index contributed by atoms with van der Waals surface area (Å²) in [5.41, 5.74) is 5.54. The minimum atomic E-state index is 0.574. The van der Waals surface area contributed by atoms with Crippen molar-refractivity contribution >= 4 is 17.3 Å². The minimum Gasteiger partial charge on any atom is -0.376 e. The van der Waals surface area contributed by atoms with E-state index >= 15 is 0 Å². The van der Waals surface area contributed by atoms with Crippen molar-refractivity contribution in [1.82, 2.24) is 4.90 Å². The van der Waals surface area contributed by atoms with Crippen LogP contribution in [0.3, 0.4) is 0 Å². The van der Waals surface area contributed by atoms with Gasteiger partial charge in [0, 0.05) is 13.1 Å². The molecule has 0 bridgehead atoms. The second-order valence-corrected chi connectivity index (χ2v) is 3.98. The minimum absolute atomic E-state index is 0.574. The molecule has 1 rings (SSSR count). The smallest absolute Gasteiger partial charge is 0.166 e. The van der Waals surface area contributed by atoms with Crippen molar-refractivity contribution in [3.8, 4) is 0 Å². The second-order valence-electron chi connectivity index (χ2n) is 3.56. The molecule has 1 saturated heterocycles. The molecule has 0 unspecified atom stereocenters. The maximum absolute atomic E-state index is 5.54. The summed E-state index contributed by atoms with van der Waals surface area (Å²) in [5.74, 6) is 0.917. The monoisotopic (exact) mass is 186 g/mol. The predicted molar refractivity (Wildman–Crippen MR) is 56.0 cm³/mol. The van der Waals surface area contributed by atoms with Crippen LogP contribution in [0.25, 0.3) is 0 Å². The number of rotatable bonds is 2. The number of piperidine rings is 1. The van der Waals surface area contributed by atoms with Gasteiger partial charge in [-0.3, -0.25) is 0 Å². The molecule has 0 saturated carbocycles. The van der Waals surface area contributed by atoms with Crippen LogP contribution in [-0.4, -0.2) is 23.1 Å². The van der Waals surface area contributed by atoms with E-state index in [0.29, 0.717) is 5.11 Å². The lowest BCUT2D eigenvalue weighted by Gasteiger charge is -2.32. The van der Waals surface area contributed by atoms with Crippen molar-refractivity contribution in [2.24, 2.45) is 11.7 Å². The van der Waals surface area contributed by atoms with Gasteiger partial charge in [-0.15, -0.1) is 0 Å². The zero-order valence-electron chi connectivity index (χ0n) is 7.75. The summed E-state index contributed by atoms with van der Waals surface area (Å²) < 4.78 is 0. The van der Waals surface area contributed by atoms with Gasteiger partial charge in [0.1, 0.15) is 0 Å². The lowest BCUT2D eigenvalue weighted by molar-refractivity contribution is 0.256. The van der Waals surface area contributed by atoms with Crippen molar-refractivity contribution in [3.05, 3.63) is 0 Å². The van der Waals surface area contributed by atoms with Crippen LogP contribution in [-0.2, 0) is 0 Å². The van der Waals surface area contributed by atoms with Gasteiger partial charge < -0.3 is 10.6 Å². The first-order valence-electron chi connectivity index (χ1n) is 4.78. The Labute approximate surface area is 80.1 Å². The summed E-state index contributed by atoms with van der Waals surface area (Å²) in [5, 5.41) is 0.574. The molecule has 70 valence electrons. The van der Waals surface area contributed by atoms with Gasteiger partial charge in [-0.1, -0.05) is 19.8 Å². The van der Waals surface area contributed by atoms with Crippen LogP contribution >= 0.6 is 12.2 Å². The molecule has 1 fully saturated rings. The Morgan fingerprint density at radius 1 is 1.50 bits per heavy atom. The van der Waals surface area contributed by atoms with Crippen LogP contribution in [0.1, 0.15) is 32.6 Å². The Kier molecular flexibility index (Phi) is 3.79. The van der Waals surface area contributed by atoms with E-state index in [1.54, 1.807) is 0 Å². The first-order chi connectivity index (χ1) is 5.74. The summed E-state index contributed by atoms with van der Waals surface area (Å²) in [6.07, 6.45) is 5.21. The van der Waals surface area contributed by atoms with Gasteiger partial charge in [-0.25, -0.2) is 0 Å². The fraction of sp³-hybridized carbons (Fsp3) is 0.889. The third-order valence-corrected chi connectivity index (χ3v) is 2.88. The number of hydrogen-bond donors (Lipinski definition) is 1. The van der Waals surface area contributed by atoms with Crippen LogP contribution < -0.4 is 5.73 Å². The van der Waals surface area contributed by atoms with Gasteiger partial charge in [-0.2, -0.15) is 0 Å². The number of thiocarbonyl (C=S) groups is 1. The van der Waals surface area contributed by atoms with Crippen molar-refractivity contribution in [3.63, 3.8) is 0 Å². The highest BCUT2D eigenvalue weighted by Crippen LogP contribution is 2.21. The third kappa shape index (κ3) is 2.63. The number of nitrogens with zero attached hydrogens (tertiary/aromatic N) is 1. The number of hydrogen-bond acceptors (Lipinski definition) is 1. The fourth-order valence-electron chi connectivity index (χ4n) is 1.85. The lowest BCUT2D eigenvalue weighted by Crippen LogP contribution is -2.41. The van der Waals surface area contributed by atoms with Crippen LogP contribution in [0.4, 0.5) is 0 Å². The average molecular weight is 186 g/mol. The highest BCUT2D eigenvalue weighted by Gasteiger charge is 2.18. The van der Waals surface area contributed by atoms with Gasteiger partial charge in [-0.05, 0) is 31.0 Å². The highest BCUT2D eigenvalue weighted by atomic mass is 32.1. The van der Waals surface area contributed by atoms with Crippen molar-refractivity contribution in [2.75, 3.05) is 13.1 Å². The summed E-state index contributed by atoms with van der Waals surface area (Å²) in [4.78, 5) is 2.11. The van der Waals surface area contributed by atoms with Crippen LogP contribution in [0, 0.1) is 5.92 Å². The molecular weight excluding hydrogens is 168 g/mol. The zero-order chi connectivity index (χ0) is 8.97. The molecule has 3 heteroatoms. The van der Waals surface area contributed by atoms with Gasteiger partial charge >= 0.3 is 0 Å². The van der Waals surface area contributed by atoms with Crippen LogP contribution in [0.15, 0.2) is 0 Å². The summed E-state index contributed by atoms with van der Waals surface area (Å²) in [6, 6.07) is 0. The van der Waals surface area contributed by atoms with Gasteiger partial charge in [0.25, 0.3) is 0 Å². The summed E-state index contributed by atoms with van der Waals surface area (Å²) in [6.45, 7) is 4.39. The molecule has 0 aromatic carbocycles. The van der Waals surface area contributed by atoms with E-state index in [2.05, 4.69) is 11.8 Å². The molecule has 2 N–H and O–H groups in total. The summed E-state index contributed by atoms with van der Waals surface area (Å²) >= 11 is 4.92. The van der Waals surface area contributed by atoms with E-state index in [1.807, 2.05) is 0 Å². The Hall–Kier alpha value is -0.310. The zero-order valence-corrected chi connectivity index (χ0v) is 8.57. The molecule has 12 heavy (non-hydrogen) atoms. The molecule has 0 aliphatic carbocycles. The molecule has 0 amide bonds. The maximum atomic E-state index is 5.54. The van der Waals surface area contributed by atoms with Crippen LogP contribution in [0.5, 0.6) is 0 Å². The van der Waals surface area contributed by atoms with E-state index in [1.165, 1.54) is 25.7 Å². The SMILES string of the molecule is CCCC1CCN(C(N)=S)CC1. The molecule has 0 aromatic heterocycles. The molecule has 1 heterocycles. The van der Waals surface area contributed by atoms with E-state index in [-0.39, 0.29) is 0 Å². The van der Waals surface area contributed by atoms with Crippen molar-refractivity contribution < 1.29 is 0 Å². The van der Waals surface area contributed by atoms with E-state index in [4.69, 9.17) is 18.0 Å². The first-order valence-corrected chi connectivity index (χ1v) is 5.19. The second kappa shape index (κ2) is 4.65. The molecular formula is C9H18N2S. The fourth-order valence-corrected chi connectivity index (χ4v) is 2.03. The Balaban J connectivity index is 2.25. The third-order valence-electron chi connectivity index (χ3n) is 2.62. The largest absolute Gasteiger partial charge is 0.376 e. The Morgan fingerprint density at radius 3 is 2.50 bits per heavy atom. The molecule has 0 atom stereocenters. The molecule has 2 nitrogen and oxygen atoms in total. The highest BCUT2D eigenvalue weighted by molar-refractivity contribution is 7.80. The van der Waals surface area contributed by atoms with Crippen LogP contribution in [0.2, 0.25) is 0 Å². The molecule has 0 spiro atoms. The number of nitrogens with two attached hydrogens (primary N) is 1. The molecule has 1 aliphatic rings. The Bertz CT molecular complexity index is 151. The topological polar surface area (TPSA) is 29.3 Å². The van der Waals surface area contributed by atoms with E-state index in [0.717, 1.165) is 19.0 Å². The maximum Gasteiger partial charge on any atom is 0.166 e. The normalized spacial score (nSPS) is 19.6. The Morgan fingerprint density at radius 2 is 2.08 bits per heavy atom. The van der Waals surface area contributed by atoms with Crippen molar-refractivity contribution in [2.45, 2.75) is 32.6 Å². The van der Waals surface area contributed by atoms with E-state index in [9.17, 15) is 0 Å². The van der Waals surface area contributed by atoms with Gasteiger partial charge in [0.2, 0.25) is 0 Å². The van der Waals surface area contributed by atoms with E-state index < -0.39 is 0 Å². The van der Waals surface area contributed by atoms with Gasteiger partial charge in [0.15, 0.2) is 5.11 Å². The number of likely N-dealkylation sites (tertiary alicyclic amines) is 1. The predicted octanol–water partition coefficient (Wildman–Crippen LogP) is 1.74. The van der Waals surface area contributed by atoms with Gasteiger partial charge in [0.05, 0.1) is 0 Å².